The summed E-state index contributed by atoms with van der Waals surface area (Å²) in [4.78, 5) is 28.5. The first-order chi connectivity index (χ1) is 14.8. The summed E-state index contributed by atoms with van der Waals surface area (Å²) >= 11 is 1.26. The van der Waals surface area contributed by atoms with Crippen molar-refractivity contribution in [2.45, 2.75) is 33.8 Å². The first-order valence-corrected chi connectivity index (χ1v) is 10.6. The standard InChI is InChI=1S/C23H24N2O5S/c1-5-29-19-11-16(7-9-18(19)30-15(4)22(27)28)12-20-21(26)25-23(31-20)24-17-8-6-13(2)14(3)10-17/h6-12,15H,5H2,1-4H3,(H,27,28)(H,24,25,26)/b20-12+. The molecule has 7 nitrogen and oxygen atoms in total. The fraction of sp³-hybridized carbons (Fsp3) is 0.261. The maximum absolute atomic E-state index is 12.4. The van der Waals surface area contributed by atoms with Gasteiger partial charge in [-0.05, 0) is 86.5 Å². The van der Waals surface area contributed by atoms with Crippen molar-refractivity contribution in [3.05, 3.63) is 58.0 Å². The lowest BCUT2D eigenvalue weighted by Gasteiger charge is -2.15. The molecule has 1 aliphatic heterocycles. The molecule has 2 aromatic rings. The predicted octanol–water partition coefficient (Wildman–Crippen LogP) is 4.45. The van der Waals surface area contributed by atoms with Crippen molar-refractivity contribution >= 4 is 40.6 Å². The summed E-state index contributed by atoms with van der Waals surface area (Å²) in [5, 5.41) is 12.4. The molecule has 1 atom stereocenters. The largest absolute Gasteiger partial charge is 0.490 e. The summed E-state index contributed by atoms with van der Waals surface area (Å²) in [5.74, 6) is -0.551. The van der Waals surface area contributed by atoms with Crippen LogP contribution in [0.2, 0.25) is 0 Å². The Morgan fingerprint density at radius 2 is 1.97 bits per heavy atom. The second-order valence-corrected chi connectivity index (χ2v) is 8.02. The number of amidine groups is 1. The van der Waals surface area contributed by atoms with Crippen LogP contribution in [-0.4, -0.2) is 34.9 Å². The van der Waals surface area contributed by atoms with Gasteiger partial charge < -0.3 is 19.9 Å². The van der Waals surface area contributed by atoms with Gasteiger partial charge in [0.2, 0.25) is 0 Å². The molecule has 0 aliphatic carbocycles. The molecule has 0 saturated carbocycles. The monoisotopic (exact) mass is 440 g/mol. The average Bonchev–Trinajstić information content (AvgIpc) is 3.05. The van der Waals surface area contributed by atoms with Gasteiger partial charge >= 0.3 is 5.97 Å². The topological polar surface area (TPSA) is 97.2 Å². The summed E-state index contributed by atoms with van der Waals surface area (Å²) in [6.07, 6.45) is 0.722. The number of benzene rings is 2. The van der Waals surface area contributed by atoms with Gasteiger partial charge in [0.15, 0.2) is 22.8 Å². The van der Waals surface area contributed by atoms with Gasteiger partial charge in [0.25, 0.3) is 5.91 Å². The molecule has 8 heteroatoms. The number of carbonyl (C=O) groups is 2. The predicted molar refractivity (Wildman–Crippen MR) is 122 cm³/mol. The van der Waals surface area contributed by atoms with Gasteiger partial charge in [-0.15, -0.1) is 0 Å². The van der Waals surface area contributed by atoms with Crippen LogP contribution in [0.5, 0.6) is 11.5 Å². The van der Waals surface area contributed by atoms with E-state index in [0.717, 1.165) is 16.8 Å². The highest BCUT2D eigenvalue weighted by molar-refractivity contribution is 8.18. The number of nitrogens with one attached hydrogen (secondary N) is 1. The number of hydrogen-bond donors (Lipinski definition) is 2. The highest BCUT2D eigenvalue weighted by atomic mass is 32.2. The molecule has 2 N–H and O–H groups in total. The molecule has 1 saturated heterocycles. The van der Waals surface area contributed by atoms with Crippen LogP contribution in [0, 0.1) is 13.8 Å². The molecule has 162 valence electrons. The van der Waals surface area contributed by atoms with Gasteiger partial charge in [0.05, 0.1) is 17.2 Å². The molecule has 0 radical (unpaired) electrons. The Kier molecular flexibility index (Phi) is 7.02. The van der Waals surface area contributed by atoms with Crippen molar-refractivity contribution in [3.8, 4) is 11.5 Å². The number of nitrogens with zero attached hydrogens (tertiary/aromatic N) is 1. The highest BCUT2D eigenvalue weighted by Gasteiger charge is 2.24. The Morgan fingerprint density at radius 3 is 2.65 bits per heavy atom. The molecule has 2 aromatic carbocycles. The van der Waals surface area contributed by atoms with Crippen molar-refractivity contribution in [1.82, 2.24) is 5.32 Å². The Hall–Kier alpha value is -3.26. The number of aliphatic carboxylic acids is 1. The van der Waals surface area contributed by atoms with Gasteiger partial charge in [-0.2, -0.15) is 0 Å². The zero-order valence-electron chi connectivity index (χ0n) is 17.8. The second-order valence-electron chi connectivity index (χ2n) is 6.99. The van der Waals surface area contributed by atoms with Crippen molar-refractivity contribution in [2.24, 2.45) is 4.99 Å². The number of carboxylic acid groups (broad SMARTS) is 1. The van der Waals surface area contributed by atoms with E-state index in [1.54, 1.807) is 24.3 Å². The van der Waals surface area contributed by atoms with Crippen molar-refractivity contribution in [3.63, 3.8) is 0 Å². The third-order valence-electron chi connectivity index (χ3n) is 4.59. The third kappa shape index (κ3) is 5.67. The number of carboxylic acids is 1. The maximum Gasteiger partial charge on any atom is 0.344 e. The van der Waals surface area contributed by atoms with Crippen molar-refractivity contribution < 1.29 is 24.2 Å². The molecular weight excluding hydrogens is 416 g/mol. The van der Waals surface area contributed by atoms with Crippen LogP contribution < -0.4 is 14.8 Å². The number of aliphatic imine (C=N–C) groups is 1. The smallest absolute Gasteiger partial charge is 0.344 e. The molecule has 1 heterocycles. The molecule has 0 aromatic heterocycles. The Morgan fingerprint density at radius 1 is 1.19 bits per heavy atom. The summed E-state index contributed by atoms with van der Waals surface area (Å²) in [7, 11) is 0. The van der Waals surface area contributed by atoms with Crippen LogP contribution in [0.4, 0.5) is 5.69 Å². The molecule has 1 fully saturated rings. The van der Waals surface area contributed by atoms with E-state index in [1.165, 1.54) is 24.2 Å². The minimum atomic E-state index is -1.07. The number of thioether (sulfide) groups is 1. The van der Waals surface area contributed by atoms with Gasteiger partial charge in [-0.25, -0.2) is 9.79 Å². The van der Waals surface area contributed by atoms with E-state index < -0.39 is 12.1 Å². The van der Waals surface area contributed by atoms with E-state index in [4.69, 9.17) is 14.6 Å². The van der Waals surface area contributed by atoms with E-state index in [0.29, 0.717) is 28.2 Å². The molecule has 3 rings (SSSR count). The molecule has 1 amide bonds. The number of rotatable bonds is 7. The van der Waals surface area contributed by atoms with E-state index >= 15 is 0 Å². The van der Waals surface area contributed by atoms with Crippen LogP contribution in [0.15, 0.2) is 46.3 Å². The molecule has 1 unspecified atom stereocenters. The minimum Gasteiger partial charge on any atom is -0.490 e. The number of ether oxygens (including phenoxy) is 2. The van der Waals surface area contributed by atoms with Crippen molar-refractivity contribution in [2.75, 3.05) is 6.61 Å². The molecule has 0 bridgehead atoms. The third-order valence-corrected chi connectivity index (χ3v) is 5.50. The van der Waals surface area contributed by atoms with Crippen LogP contribution in [0.25, 0.3) is 6.08 Å². The molecule has 1 aliphatic rings. The number of aryl methyl sites for hydroxylation is 2. The first kappa shape index (κ1) is 22.4. The Bertz CT molecular complexity index is 1080. The summed E-state index contributed by atoms with van der Waals surface area (Å²) in [6.45, 7) is 7.72. The Labute approximate surface area is 185 Å². The van der Waals surface area contributed by atoms with Gasteiger partial charge in [0.1, 0.15) is 0 Å². The van der Waals surface area contributed by atoms with E-state index in [2.05, 4.69) is 10.3 Å². The van der Waals surface area contributed by atoms with E-state index in [-0.39, 0.29) is 5.91 Å². The second kappa shape index (κ2) is 9.70. The van der Waals surface area contributed by atoms with Crippen molar-refractivity contribution in [1.29, 1.82) is 0 Å². The van der Waals surface area contributed by atoms with Gasteiger partial charge in [-0.3, -0.25) is 4.79 Å². The minimum absolute atomic E-state index is 0.231. The molecular formula is C23H24N2O5S. The van der Waals surface area contributed by atoms with Crippen LogP contribution in [0.3, 0.4) is 0 Å². The fourth-order valence-corrected chi connectivity index (χ4v) is 3.61. The highest BCUT2D eigenvalue weighted by Crippen LogP contribution is 2.33. The zero-order valence-corrected chi connectivity index (χ0v) is 18.6. The average molecular weight is 441 g/mol. The van der Waals surface area contributed by atoms with Crippen LogP contribution in [0.1, 0.15) is 30.5 Å². The normalized spacial score (nSPS) is 17.0. The maximum atomic E-state index is 12.4. The molecule has 0 spiro atoms. The SMILES string of the molecule is CCOc1cc(/C=C2/SC(=Nc3ccc(C)c(C)c3)NC2=O)ccc1OC(C)C(=O)O. The van der Waals surface area contributed by atoms with Crippen LogP contribution in [-0.2, 0) is 9.59 Å². The zero-order chi connectivity index (χ0) is 22.5. The first-order valence-electron chi connectivity index (χ1n) is 9.80. The van der Waals surface area contributed by atoms with Gasteiger partial charge in [-0.1, -0.05) is 12.1 Å². The Balaban J connectivity index is 1.82. The lowest BCUT2D eigenvalue weighted by atomic mass is 10.1. The summed E-state index contributed by atoms with van der Waals surface area (Å²) in [5.41, 5.74) is 3.82. The lowest BCUT2D eigenvalue weighted by molar-refractivity contribution is -0.144. The fourth-order valence-electron chi connectivity index (χ4n) is 2.77. The summed E-state index contributed by atoms with van der Waals surface area (Å²) < 4.78 is 11.1. The number of carbonyl (C=O) groups excluding carboxylic acids is 1. The molecule has 31 heavy (non-hydrogen) atoms. The van der Waals surface area contributed by atoms with Crippen LogP contribution >= 0.6 is 11.8 Å². The number of amides is 1. The number of hydrogen-bond acceptors (Lipinski definition) is 6. The van der Waals surface area contributed by atoms with E-state index in [9.17, 15) is 9.59 Å². The van der Waals surface area contributed by atoms with Gasteiger partial charge in [0, 0.05) is 0 Å². The lowest BCUT2D eigenvalue weighted by Crippen LogP contribution is -2.23. The quantitative estimate of drug-likeness (QED) is 0.618. The summed E-state index contributed by atoms with van der Waals surface area (Å²) in [6, 6.07) is 11.0. The van der Waals surface area contributed by atoms with E-state index in [1.807, 2.05) is 39.0 Å².